The third-order valence-corrected chi connectivity index (χ3v) is 30.7. The van der Waals surface area contributed by atoms with Crippen LogP contribution < -0.4 is 0 Å². The molecular weight excluding hydrogens is 1610 g/mol. The Morgan fingerprint density at radius 3 is 1.07 bits per heavy atom. The van der Waals surface area contributed by atoms with Crippen molar-refractivity contribution in [2.75, 3.05) is 80.5 Å². The smallest absolute Gasteiger partial charge is 0.302 e. The van der Waals surface area contributed by atoms with Crippen LogP contribution in [0, 0.1) is 39.3 Å². The first kappa shape index (κ1) is 81.1. The second-order valence-electron chi connectivity index (χ2n) is 29.6. The fourth-order valence-corrected chi connectivity index (χ4v) is 23.4. The van der Waals surface area contributed by atoms with Gasteiger partial charge in [-0.2, -0.15) is 23.4 Å². The lowest BCUT2D eigenvalue weighted by Crippen LogP contribution is -2.23. The van der Waals surface area contributed by atoms with E-state index < -0.39 is 51.8 Å². The van der Waals surface area contributed by atoms with Crippen molar-refractivity contribution < 1.29 is 55.6 Å². The van der Waals surface area contributed by atoms with Crippen molar-refractivity contribution in [3.8, 4) is 0 Å². The molecule has 0 N–H and O–H groups in total. The van der Waals surface area contributed by atoms with Crippen LogP contribution in [0.25, 0.3) is 86.3 Å². The van der Waals surface area contributed by atoms with Gasteiger partial charge < -0.3 is 19.6 Å². The Bertz CT molecular complexity index is 6900. The molecule has 18 rings (SSSR count). The molecule has 33 heteroatoms. The Labute approximate surface area is 676 Å². The molecule has 8 aromatic heterocycles. The van der Waals surface area contributed by atoms with Crippen molar-refractivity contribution in [3.63, 3.8) is 0 Å². The van der Waals surface area contributed by atoms with Gasteiger partial charge in [0.25, 0.3) is 40.1 Å². The summed E-state index contributed by atoms with van der Waals surface area (Å²) in [5.41, 5.74) is 15.2. The topological polar surface area (TPSA) is 231 Å². The summed E-state index contributed by atoms with van der Waals surface area (Å²) in [5, 5.41) is 11.0. The number of thiazole rings is 2. The summed E-state index contributed by atoms with van der Waals surface area (Å²) in [6.07, 6.45) is 13.4. The van der Waals surface area contributed by atoms with Crippen LogP contribution in [0.5, 0.6) is 0 Å². The highest BCUT2D eigenvalue weighted by Crippen LogP contribution is 2.42. The minimum absolute atomic E-state index is 0.0648. The van der Waals surface area contributed by atoms with E-state index in [1.165, 1.54) is 94.9 Å². The summed E-state index contributed by atoms with van der Waals surface area (Å²) < 4.78 is 186. The molecule has 116 heavy (non-hydrogen) atoms. The number of benzene rings is 6. The molecule has 6 aromatic carbocycles. The van der Waals surface area contributed by atoms with Crippen molar-refractivity contribution in [1.29, 1.82) is 0 Å². The molecule has 12 heterocycles. The molecule has 0 spiro atoms. The van der Waals surface area contributed by atoms with E-state index in [1.54, 1.807) is 111 Å². The Hall–Kier alpha value is -10.1. The fraction of sp³-hybridized carbons (Fsp3) is 0.277. The summed E-state index contributed by atoms with van der Waals surface area (Å²) >= 11 is 2.72. The second-order valence-corrected chi connectivity index (χ2v) is 38.5. The lowest BCUT2D eigenvalue weighted by Gasteiger charge is -2.21. The van der Waals surface area contributed by atoms with E-state index in [9.17, 15) is 55.6 Å². The Morgan fingerprint density at radius 2 is 0.724 bits per heavy atom. The van der Waals surface area contributed by atoms with Gasteiger partial charge in [0, 0.05) is 135 Å². The first-order chi connectivity index (χ1) is 55.1. The maximum absolute atomic E-state index is 14.0. The molecule has 0 radical (unpaired) electrons. The number of aryl methyl sites for hydroxylation is 4. The summed E-state index contributed by atoms with van der Waals surface area (Å²) in [6.45, 7) is 13.5. The van der Waals surface area contributed by atoms with Gasteiger partial charge in [-0.3, -0.25) is 9.36 Å². The Morgan fingerprint density at radius 1 is 0.388 bits per heavy atom. The highest BCUT2D eigenvalue weighted by Gasteiger charge is 2.35. The quantitative estimate of drug-likeness (QED) is 0.104. The number of nitrogens with zero attached hydrogens (tertiary/aromatic N) is 14. The van der Waals surface area contributed by atoms with E-state index in [0.717, 1.165) is 135 Å². The van der Waals surface area contributed by atoms with Crippen molar-refractivity contribution in [1.82, 2.24) is 65.0 Å². The van der Waals surface area contributed by atoms with Gasteiger partial charge in [0.15, 0.2) is 0 Å². The molecule has 0 aliphatic carbocycles. The largest absolute Gasteiger partial charge is 0.416 e. The van der Waals surface area contributed by atoms with Crippen LogP contribution in [0.2, 0.25) is 0 Å². The van der Waals surface area contributed by atoms with Crippen molar-refractivity contribution >= 4 is 149 Å². The third-order valence-electron chi connectivity index (χ3n) is 21.9. The van der Waals surface area contributed by atoms with Crippen LogP contribution in [0.1, 0.15) is 76.3 Å². The highest BCUT2D eigenvalue weighted by molar-refractivity contribution is 7.91. The number of likely N-dealkylation sites (N-methyl/N-ethyl adjacent to an activating group) is 4. The predicted molar refractivity (Wildman–Crippen MR) is 448 cm³/mol. The minimum Gasteiger partial charge on any atom is -0.302 e. The second kappa shape index (κ2) is 31.4. The van der Waals surface area contributed by atoms with Gasteiger partial charge >= 0.3 is 6.18 Å². The molecule has 0 unspecified atom stereocenters. The summed E-state index contributed by atoms with van der Waals surface area (Å²) in [5.74, 6) is -0.764. The van der Waals surface area contributed by atoms with Gasteiger partial charge in [-0.15, -0.1) is 22.7 Å². The molecule has 0 fully saturated rings. The van der Waals surface area contributed by atoms with Crippen LogP contribution in [-0.2, 0) is 60.4 Å². The zero-order valence-electron chi connectivity index (χ0n) is 65.1. The highest BCUT2D eigenvalue weighted by atomic mass is 32.2. The van der Waals surface area contributed by atoms with Gasteiger partial charge in [0.05, 0.1) is 91.7 Å². The van der Waals surface area contributed by atoms with Crippen molar-refractivity contribution in [2.24, 2.45) is 14.1 Å². The van der Waals surface area contributed by atoms with Crippen molar-refractivity contribution in [3.05, 3.63) is 238 Å². The van der Waals surface area contributed by atoms with Gasteiger partial charge in [-0.1, -0.05) is 42.5 Å². The number of halogens is 5. The van der Waals surface area contributed by atoms with Gasteiger partial charge in [0.2, 0.25) is 0 Å². The fourth-order valence-electron chi connectivity index (χ4n) is 15.4. The van der Waals surface area contributed by atoms with Gasteiger partial charge in [-0.25, -0.2) is 68.3 Å². The van der Waals surface area contributed by atoms with Crippen LogP contribution in [0.4, 0.5) is 22.0 Å². The minimum atomic E-state index is -4.52. The zero-order chi connectivity index (χ0) is 82.4. The van der Waals surface area contributed by atoms with E-state index in [1.807, 2.05) is 51.5 Å². The normalized spacial score (nSPS) is 16.0. The van der Waals surface area contributed by atoms with E-state index >= 15 is 0 Å². The number of alkyl halides is 3. The maximum Gasteiger partial charge on any atom is 0.416 e. The SMILES string of the molecule is CN1CC=C(c2cn(S(=O)(=O)c3ccc4ncsc4c3)c3ccc(C(F)(F)F)cc23)CC1.CN1CC=C(c2cn(S(=O)(=O)c3ccc4ncsc4c3)c3ccc(F)cc23)CC1.Cc1nn(C)c(C)c1S(=O)(=O)n1cc(C2=CCN(C)CC2)c2cc(F)ccc21.Cc1nn(C)c(C)c1S(=O)(=O)n1cc(C2=CCN(C)CC2)c2ccccc21. The average molecular weight is 1690 g/mol. The molecule has 0 atom stereocenters. The molecule has 4 aliphatic heterocycles. The third kappa shape index (κ3) is 15.3. The molecule has 14 aromatic rings. The summed E-state index contributed by atoms with van der Waals surface area (Å²) in [4.78, 5) is 17.8. The lowest BCUT2D eigenvalue weighted by molar-refractivity contribution is -0.137. The van der Waals surface area contributed by atoms with E-state index in [-0.39, 0.29) is 42.1 Å². The van der Waals surface area contributed by atoms with E-state index in [0.29, 0.717) is 74.1 Å². The number of hydrogen-bond acceptors (Lipinski definition) is 18. The molecule has 0 bridgehead atoms. The molecule has 22 nitrogen and oxygen atoms in total. The van der Waals surface area contributed by atoms with Crippen LogP contribution >= 0.6 is 22.7 Å². The lowest BCUT2D eigenvalue weighted by atomic mass is 9.98. The number of fused-ring (bicyclic) bond motifs is 6. The van der Waals surface area contributed by atoms with Crippen LogP contribution in [-0.4, -0.2) is 179 Å². The first-order valence-electron chi connectivity index (χ1n) is 37.2. The van der Waals surface area contributed by atoms with Crippen LogP contribution in [0.15, 0.2) is 195 Å². The van der Waals surface area contributed by atoms with Gasteiger partial charge in [-0.05, 0) is 201 Å². The number of aromatic nitrogens is 10. The number of rotatable bonds is 12. The Kier molecular flexibility index (Phi) is 22.0. The standard InChI is InChI=1S/C22H18F3N3O2S2.C21H18FN3O2S2.C20H23FN4O2S.C20H24N4O2S/c1-27-8-6-14(7-9-27)18-12-28(20-5-2-15(10-17(18)20)22(23,24)25)32(29,30)16-3-4-19-21(11-16)31-13-26-19;1-24-8-6-14(7-9-24)18-12-25(20-5-2-15(22)10-17(18)20)29(26,27)16-3-4-19-21(11-16)28-13-23-19;1-13-20(14(2)24(4)22-13)28(26,27)25-12-18(15-7-9-23(3)10-8-15)17-11-16(21)5-6-19(17)25;1-14-20(15(2)23(4)21-14)27(25,26)24-13-18(16-9-11-22(3)12-10-16)17-7-5-6-8-19(17)24/h2-6,10-13H,7-9H2,1H3;2-6,10-13H,7-9H2,1H3;5-7,11-12H,8-10H2,1-4H3;5-9,13H,10-12H2,1-4H3. The summed E-state index contributed by atoms with van der Waals surface area (Å²) in [7, 11) is -3.88. The molecular formula is C83H83F5N14O8S6. The monoisotopic (exact) mass is 1690 g/mol. The number of hydrogen-bond donors (Lipinski definition) is 0. The van der Waals surface area contributed by atoms with E-state index in [4.69, 9.17) is 0 Å². The molecule has 0 amide bonds. The summed E-state index contributed by atoms with van der Waals surface area (Å²) in [6, 6.07) is 29.0. The van der Waals surface area contributed by atoms with Gasteiger partial charge in [0.1, 0.15) is 21.4 Å². The molecule has 0 saturated carbocycles. The average Bonchev–Trinajstić information content (AvgIpc) is 1.60. The molecule has 604 valence electrons. The first-order valence-corrected chi connectivity index (χ1v) is 44.7. The Balaban J connectivity index is 0.000000122. The predicted octanol–water partition coefficient (Wildman–Crippen LogP) is 15.6. The zero-order valence-corrected chi connectivity index (χ0v) is 70.0. The number of para-hydroxylation sites is 1. The molecule has 4 aliphatic rings. The maximum atomic E-state index is 14.0. The van der Waals surface area contributed by atoms with Crippen LogP contribution in [0.3, 0.4) is 0 Å². The van der Waals surface area contributed by atoms with E-state index in [2.05, 4.69) is 65.0 Å². The van der Waals surface area contributed by atoms with Crippen molar-refractivity contribution in [2.45, 2.75) is 79.1 Å². The molecule has 0 saturated heterocycles.